The van der Waals surface area contributed by atoms with E-state index in [4.69, 9.17) is 5.73 Å². The van der Waals surface area contributed by atoms with E-state index in [2.05, 4.69) is 15.0 Å². The van der Waals surface area contributed by atoms with Gasteiger partial charge >= 0.3 is 0 Å². The van der Waals surface area contributed by atoms with Gasteiger partial charge in [-0.15, -0.1) is 0 Å². The van der Waals surface area contributed by atoms with Crippen LogP contribution in [0.4, 0.5) is 5.69 Å². The molecule has 0 amide bonds. The van der Waals surface area contributed by atoms with E-state index in [1.807, 2.05) is 18.2 Å². The van der Waals surface area contributed by atoms with Gasteiger partial charge in [-0.3, -0.25) is 4.98 Å². The van der Waals surface area contributed by atoms with Gasteiger partial charge in [0.15, 0.2) is 0 Å². The van der Waals surface area contributed by atoms with Crippen molar-refractivity contribution in [2.75, 3.05) is 5.73 Å². The zero-order valence-electron chi connectivity index (χ0n) is 7.36. The highest BCUT2D eigenvalue weighted by Crippen LogP contribution is 2.24. The Bertz CT molecular complexity index is 612. The quantitative estimate of drug-likeness (QED) is 0.522. The average Bonchev–Trinajstić information content (AvgIpc) is 2.66. The second-order valence-corrected chi connectivity index (χ2v) is 3.17. The zero-order valence-corrected chi connectivity index (χ0v) is 7.36. The molecule has 68 valence electrons. The van der Waals surface area contributed by atoms with E-state index < -0.39 is 0 Å². The van der Waals surface area contributed by atoms with Gasteiger partial charge in [-0.2, -0.15) is 0 Å². The molecule has 3 rings (SSSR count). The van der Waals surface area contributed by atoms with Gasteiger partial charge in [-0.1, -0.05) is 12.1 Å². The van der Waals surface area contributed by atoms with Crippen molar-refractivity contribution in [3.63, 3.8) is 0 Å². The summed E-state index contributed by atoms with van der Waals surface area (Å²) < 4.78 is 0. The number of anilines is 1. The third kappa shape index (κ3) is 0.821. The SMILES string of the molecule is Nc1cccc2c1ncc1[nH]cnc12. The average molecular weight is 184 g/mol. The number of nitrogens with two attached hydrogens (primary N) is 1. The summed E-state index contributed by atoms with van der Waals surface area (Å²) in [5.41, 5.74) is 9.17. The van der Waals surface area contributed by atoms with Gasteiger partial charge in [0.05, 0.1) is 34.8 Å². The van der Waals surface area contributed by atoms with Crippen LogP contribution >= 0.6 is 0 Å². The Morgan fingerprint density at radius 1 is 1.14 bits per heavy atom. The predicted molar refractivity (Wildman–Crippen MR) is 55.8 cm³/mol. The normalized spacial score (nSPS) is 11.1. The molecule has 2 heterocycles. The summed E-state index contributed by atoms with van der Waals surface area (Å²) in [5.74, 6) is 0. The Hall–Kier alpha value is -2.10. The number of rotatable bonds is 0. The molecule has 0 atom stereocenters. The molecule has 4 heteroatoms. The minimum atomic E-state index is 0.687. The maximum Gasteiger partial charge on any atom is 0.0993 e. The fourth-order valence-electron chi connectivity index (χ4n) is 1.64. The van der Waals surface area contributed by atoms with Crippen molar-refractivity contribution < 1.29 is 0 Å². The summed E-state index contributed by atoms with van der Waals surface area (Å²) in [6, 6.07) is 5.73. The highest BCUT2D eigenvalue weighted by atomic mass is 14.9. The molecule has 0 aliphatic rings. The number of imidazole rings is 1. The topological polar surface area (TPSA) is 67.6 Å². The molecule has 0 radical (unpaired) electrons. The van der Waals surface area contributed by atoms with Crippen molar-refractivity contribution in [1.82, 2.24) is 15.0 Å². The maximum atomic E-state index is 5.82. The number of para-hydroxylation sites is 1. The van der Waals surface area contributed by atoms with Crippen LogP contribution in [0.5, 0.6) is 0 Å². The van der Waals surface area contributed by atoms with Crippen LogP contribution in [-0.2, 0) is 0 Å². The lowest BCUT2D eigenvalue weighted by molar-refractivity contribution is 1.34. The van der Waals surface area contributed by atoms with Crippen LogP contribution in [0, 0.1) is 0 Å². The van der Waals surface area contributed by atoms with Gasteiger partial charge in [0.1, 0.15) is 0 Å². The van der Waals surface area contributed by atoms with Crippen molar-refractivity contribution in [3.05, 3.63) is 30.7 Å². The number of aromatic amines is 1. The summed E-state index contributed by atoms with van der Waals surface area (Å²) in [6.07, 6.45) is 3.41. The van der Waals surface area contributed by atoms with Crippen LogP contribution in [0.15, 0.2) is 30.7 Å². The van der Waals surface area contributed by atoms with Crippen molar-refractivity contribution in [2.24, 2.45) is 0 Å². The standard InChI is InChI=1S/C10H8N4/c11-7-3-1-2-6-9(7)12-4-8-10(6)14-5-13-8/h1-5H,11H2,(H,13,14). The van der Waals surface area contributed by atoms with E-state index in [1.165, 1.54) is 0 Å². The predicted octanol–water partition coefficient (Wildman–Crippen LogP) is 1.69. The van der Waals surface area contributed by atoms with Gasteiger partial charge < -0.3 is 10.7 Å². The van der Waals surface area contributed by atoms with Crippen LogP contribution in [0.2, 0.25) is 0 Å². The minimum Gasteiger partial charge on any atom is -0.397 e. The first kappa shape index (κ1) is 7.32. The molecular weight excluding hydrogens is 176 g/mol. The summed E-state index contributed by atoms with van der Waals surface area (Å²) in [5, 5.41) is 0.990. The fourth-order valence-corrected chi connectivity index (χ4v) is 1.64. The zero-order chi connectivity index (χ0) is 9.54. The van der Waals surface area contributed by atoms with Gasteiger partial charge in [0, 0.05) is 5.39 Å². The molecule has 3 N–H and O–H groups in total. The smallest absolute Gasteiger partial charge is 0.0993 e. The van der Waals surface area contributed by atoms with E-state index in [1.54, 1.807) is 12.5 Å². The third-order valence-corrected chi connectivity index (χ3v) is 2.31. The molecule has 0 spiro atoms. The van der Waals surface area contributed by atoms with Crippen molar-refractivity contribution in [1.29, 1.82) is 0 Å². The molecule has 0 fully saturated rings. The summed E-state index contributed by atoms with van der Waals surface area (Å²) in [4.78, 5) is 11.5. The lowest BCUT2D eigenvalue weighted by atomic mass is 10.2. The molecule has 0 bridgehead atoms. The van der Waals surface area contributed by atoms with Crippen LogP contribution in [0.1, 0.15) is 0 Å². The Morgan fingerprint density at radius 3 is 3.00 bits per heavy atom. The third-order valence-electron chi connectivity index (χ3n) is 2.31. The number of nitrogens with zero attached hydrogens (tertiary/aromatic N) is 2. The van der Waals surface area contributed by atoms with Crippen molar-refractivity contribution in [3.8, 4) is 0 Å². The molecule has 0 unspecified atom stereocenters. The van der Waals surface area contributed by atoms with Crippen LogP contribution in [0.3, 0.4) is 0 Å². The van der Waals surface area contributed by atoms with Crippen molar-refractivity contribution >= 4 is 27.6 Å². The van der Waals surface area contributed by atoms with Crippen LogP contribution in [0.25, 0.3) is 21.9 Å². The lowest BCUT2D eigenvalue weighted by Crippen LogP contribution is -1.89. The molecule has 0 aliphatic carbocycles. The maximum absolute atomic E-state index is 5.82. The number of hydrogen-bond acceptors (Lipinski definition) is 3. The minimum absolute atomic E-state index is 0.687. The lowest BCUT2D eigenvalue weighted by Gasteiger charge is -2.00. The molecule has 14 heavy (non-hydrogen) atoms. The van der Waals surface area contributed by atoms with E-state index >= 15 is 0 Å². The van der Waals surface area contributed by atoms with E-state index in [9.17, 15) is 0 Å². The largest absolute Gasteiger partial charge is 0.397 e. The molecule has 0 aliphatic heterocycles. The van der Waals surface area contributed by atoms with Crippen molar-refractivity contribution in [2.45, 2.75) is 0 Å². The number of aromatic nitrogens is 3. The molecular formula is C10H8N4. The number of nitrogens with one attached hydrogen (secondary N) is 1. The first-order chi connectivity index (χ1) is 6.86. The van der Waals surface area contributed by atoms with E-state index in [0.717, 1.165) is 21.9 Å². The Labute approximate surface area is 79.8 Å². The summed E-state index contributed by atoms with van der Waals surface area (Å²) >= 11 is 0. The molecule has 2 aromatic heterocycles. The first-order valence-electron chi connectivity index (χ1n) is 4.32. The van der Waals surface area contributed by atoms with Crippen LogP contribution in [-0.4, -0.2) is 15.0 Å². The molecule has 3 aromatic rings. The number of hydrogen-bond donors (Lipinski definition) is 2. The molecule has 0 saturated carbocycles. The second-order valence-electron chi connectivity index (χ2n) is 3.17. The van der Waals surface area contributed by atoms with Gasteiger partial charge in [0.25, 0.3) is 0 Å². The summed E-state index contributed by atoms with van der Waals surface area (Å²) in [6.45, 7) is 0. The van der Waals surface area contributed by atoms with Gasteiger partial charge in [-0.25, -0.2) is 4.98 Å². The number of fused-ring (bicyclic) bond motifs is 3. The number of H-pyrrole nitrogens is 1. The second kappa shape index (κ2) is 2.45. The Morgan fingerprint density at radius 2 is 2.07 bits per heavy atom. The Kier molecular flexibility index (Phi) is 1.28. The van der Waals surface area contributed by atoms with E-state index in [-0.39, 0.29) is 0 Å². The monoisotopic (exact) mass is 184 g/mol. The highest BCUT2D eigenvalue weighted by molar-refractivity contribution is 6.05. The fraction of sp³-hybridized carbons (Fsp3) is 0. The highest BCUT2D eigenvalue weighted by Gasteiger charge is 2.04. The van der Waals surface area contributed by atoms with Crippen LogP contribution < -0.4 is 5.73 Å². The number of nitrogen functional groups attached to an aromatic ring is 1. The number of benzene rings is 1. The summed E-state index contributed by atoms with van der Waals surface area (Å²) in [7, 11) is 0. The molecule has 4 nitrogen and oxygen atoms in total. The van der Waals surface area contributed by atoms with E-state index in [0.29, 0.717) is 5.69 Å². The number of pyridine rings is 1. The Balaban J connectivity index is 2.64. The van der Waals surface area contributed by atoms with Gasteiger partial charge in [0.2, 0.25) is 0 Å². The molecule has 1 aromatic carbocycles. The van der Waals surface area contributed by atoms with Gasteiger partial charge in [-0.05, 0) is 6.07 Å². The molecule has 0 saturated heterocycles. The first-order valence-corrected chi connectivity index (χ1v) is 4.32.